The lowest BCUT2D eigenvalue weighted by Gasteiger charge is -2.34. The maximum atomic E-state index is 13.7. The summed E-state index contributed by atoms with van der Waals surface area (Å²) >= 11 is 3.22. The van der Waals surface area contributed by atoms with Crippen molar-refractivity contribution in [2.24, 2.45) is 5.92 Å². The zero-order valence-corrected chi connectivity index (χ0v) is 12.8. The van der Waals surface area contributed by atoms with E-state index in [0.717, 1.165) is 12.8 Å². The number of hydrogen-bond donors (Lipinski definition) is 1. The number of nitriles is 1. The number of carbonyl (C=O) groups excluding carboxylic acids is 1. The van der Waals surface area contributed by atoms with Crippen molar-refractivity contribution in [3.63, 3.8) is 0 Å². The number of amides is 1. The molecule has 1 N–H and O–H groups in total. The Labute approximate surface area is 126 Å². The fourth-order valence-electron chi connectivity index (χ4n) is 2.48. The quantitative estimate of drug-likeness (QED) is 0.891. The van der Waals surface area contributed by atoms with E-state index in [1.807, 2.05) is 0 Å². The number of rotatable bonds is 2. The highest BCUT2D eigenvalue weighted by Gasteiger charge is 2.36. The van der Waals surface area contributed by atoms with Crippen molar-refractivity contribution < 1.29 is 9.18 Å². The van der Waals surface area contributed by atoms with Crippen molar-refractivity contribution in [2.75, 3.05) is 0 Å². The fraction of sp³-hybridized carbons (Fsp3) is 0.467. The Morgan fingerprint density at radius 3 is 2.75 bits per heavy atom. The molecular weight excluding hydrogens is 323 g/mol. The number of carbonyl (C=O) groups is 1. The van der Waals surface area contributed by atoms with E-state index in [-0.39, 0.29) is 5.56 Å². The molecule has 1 aromatic rings. The fourth-order valence-corrected chi connectivity index (χ4v) is 2.84. The Balaban J connectivity index is 2.18. The van der Waals surface area contributed by atoms with Gasteiger partial charge in [-0.15, -0.1) is 0 Å². The van der Waals surface area contributed by atoms with Gasteiger partial charge in [-0.3, -0.25) is 4.79 Å². The summed E-state index contributed by atoms with van der Waals surface area (Å²) in [5.74, 6) is -0.543. The second-order valence-corrected chi connectivity index (χ2v) is 6.37. The zero-order valence-electron chi connectivity index (χ0n) is 11.2. The smallest absolute Gasteiger partial charge is 0.255 e. The van der Waals surface area contributed by atoms with Gasteiger partial charge in [0, 0.05) is 4.47 Å². The maximum Gasteiger partial charge on any atom is 0.255 e. The van der Waals surface area contributed by atoms with E-state index in [0.29, 0.717) is 23.2 Å². The third-order valence-electron chi connectivity index (χ3n) is 3.87. The first kappa shape index (κ1) is 15.0. The summed E-state index contributed by atoms with van der Waals surface area (Å²) in [5.41, 5.74) is -0.897. The molecule has 0 unspecified atom stereocenters. The highest BCUT2D eigenvalue weighted by atomic mass is 79.9. The summed E-state index contributed by atoms with van der Waals surface area (Å²) in [7, 11) is 0. The van der Waals surface area contributed by atoms with Gasteiger partial charge in [-0.25, -0.2) is 4.39 Å². The minimum Gasteiger partial charge on any atom is -0.334 e. The van der Waals surface area contributed by atoms with Crippen molar-refractivity contribution in [1.82, 2.24) is 5.32 Å². The molecule has 0 spiro atoms. The molecule has 1 aromatic carbocycles. The molecule has 0 radical (unpaired) electrons. The van der Waals surface area contributed by atoms with Crippen LogP contribution in [-0.4, -0.2) is 11.4 Å². The molecule has 3 nitrogen and oxygen atoms in total. The van der Waals surface area contributed by atoms with Gasteiger partial charge in [0.25, 0.3) is 5.91 Å². The van der Waals surface area contributed by atoms with Crippen LogP contribution in [0.5, 0.6) is 0 Å². The molecule has 1 aliphatic carbocycles. The number of hydrogen-bond acceptors (Lipinski definition) is 2. The lowest BCUT2D eigenvalue weighted by atomic mass is 9.78. The van der Waals surface area contributed by atoms with E-state index in [1.165, 1.54) is 18.2 Å². The van der Waals surface area contributed by atoms with E-state index in [4.69, 9.17) is 0 Å². The summed E-state index contributed by atoms with van der Waals surface area (Å²) in [4.78, 5) is 12.2. The first-order valence-corrected chi connectivity index (χ1v) is 7.44. The van der Waals surface area contributed by atoms with Gasteiger partial charge >= 0.3 is 0 Å². The van der Waals surface area contributed by atoms with Gasteiger partial charge in [0.2, 0.25) is 0 Å². The summed E-state index contributed by atoms with van der Waals surface area (Å²) in [5, 5.41) is 12.1. The summed E-state index contributed by atoms with van der Waals surface area (Å²) in [6.07, 6.45) is 3.03. The van der Waals surface area contributed by atoms with Gasteiger partial charge in [0.15, 0.2) is 0 Å². The molecule has 20 heavy (non-hydrogen) atoms. The average molecular weight is 339 g/mol. The van der Waals surface area contributed by atoms with Crippen molar-refractivity contribution in [2.45, 2.75) is 38.1 Å². The largest absolute Gasteiger partial charge is 0.334 e. The van der Waals surface area contributed by atoms with Gasteiger partial charge in [-0.05, 0) is 49.8 Å². The molecule has 0 aliphatic heterocycles. The minimum absolute atomic E-state index is 0.0346. The normalized spacial score (nSPS) is 25.8. The van der Waals surface area contributed by atoms with Crippen LogP contribution in [-0.2, 0) is 0 Å². The van der Waals surface area contributed by atoms with Crippen molar-refractivity contribution in [3.8, 4) is 6.07 Å². The number of benzene rings is 1. The Morgan fingerprint density at radius 2 is 2.15 bits per heavy atom. The Kier molecular flexibility index (Phi) is 4.44. The third-order valence-corrected chi connectivity index (χ3v) is 4.36. The van der Waals surface area contributed by atoms with E-state index >= 15 is 0 Å². The van der Waals surface area contributed by atoms with Crippen LogP contribution < -0.4 is 5.32 Å². The van der Waals surface area contributed by atoms with E-state index in [1.54, 1.807) is 0 Å². The molecule has 2 rings (SSSR count). The van der Waals surface area contributed by atoms with E-state index < -0.39 is 17.3 Å². The predicted octanol–water partition coefficient (Wildman–Crippen LogP) is 3.79. The summed E-state index contributed by atoms with van der Waals surface area (Å²) < 4.78 is 14.3. The predicted molar refractivity (Wildman–Crippen MR) is 77.5 cm³/mol. The van der Waals surface area contributed by atoms with E-state index in [9.17, 15) is 14.4 Å². The third kappa shape index (κ3) is 3.18. The second-order valence-electron chi connectivity index (χ2n) is 5.45. The number of nitrogens with zero attached hydrogens (tertiary/aromatic N) is 1. The van der Waals surface area contributed by atoms with Crippen LogP contribution in [0.3, 0.4) is 0 Å². The summed E-state index contributed by atoms with van der Waals surface area (Å²) in [6.45, 7) is 2.14. The van der Waals surface area contributed by atoms with Crippen LogP contribution >= 0.6 is 15.9 Å². The topological polar surface area (TPSA) is 52.9 Å². The highest BCUT2D eigenvalue weighted by Crippen LogP contribution is 2.31. The van der Waals surface area contributed by atoms with Crippen molar-refractivity contribution in [1.29, 1.82) is 5.26 Å². The minimum atomic E-state index is -0.863. The van der Waals surface area contributed by atoms with Crippen LogP contribution in [0.2, 0.25) is 0 Å². The molecule has 0 heterocycles. The Hall–Kier alpha value is -1.41. The van der Waals surface area contributed by atoms with Gasteiger partial charge in [-0.1, -0.05) is 22.9 Å². The van der Waals surface area contributed by atoms with Crippen LogP contribution in [0.4, 0.5) is 4.39 Å². The lowest BCUT2D eigenvalue weighted by Crippen LogP contribution is -2.49. The standard InChI is InChI=1S/C15H16BrFN2O/c1-10-4-6-15(9-18,7-5-10)19-14(20)12-8-11(16)2-3-13(12)17/h2-3,8,10H,4-7H2,1H3,(H,19,20). The monoisotopic (exact) mass is 338 g/mol. The number of nitrogens with one attached hydrogen (secondary N) is 1. The molecule has 0 aromatic heterocycles. The SMILES string of the molecule is CC1CCC(C#N)(NC(=O)c2cc(Br)ccc2F)CC1. The molecule has 1 aliphatic rings. The molecule has 1 saturated carbocycles. The Morgan fingerprint density at radius 1 is 1.50 bits per heavy atom. The first-order chi connectivity index (χ1) is 9.46. The zero-order chi connectivity index (χ0) is 14.8. The molecule has 1 amide bonds. The molecule has 0 atom stereocenters. The molecule has 0 bridgehead atoms. The Bertz CT molecular complexity index is 559. The van der Waals surface area contributed by atoms with Crippen LogP contribution in [0.15, 0.2) is 22.7 Å². The van der Waals surface area contributed by atoms with Gasteiger partial charge in [-0.2, -0.15) is 5.26 Å². The summed E-state index contributed by atoms with van der Waals surface area (Å²) in [6, 6.07) is 6.41. The first-order valence-electron chi connectivity index (χ1n) is 6.64. The molecular formula is C15H16BrFN2O. The van der Waals surface area contributed by atoms with Gasteiger partial charge < -0.3 is 5.32 Å². The van der Waals surface area contributed by atoms with Crippen LogP contribution in [0, 0.1) is 23.1 Å². The van der Waals surface area contributed by atoms with E-state index in [2.05, 4.69) is 34.2 Å². The molecule has 1 fully saturated rings. The number of halogens is 2. The van der Waals surface area contributed by atoms with Crippen LogP contribution in [0.25, 0.3) is 0 Å². The molecule has 0 saturated heterocycles. The van der Waals surface area contributed by atoms with Gasteiger partial charge in [0.05, 0.1) is 11.6 Å². The molecule has 106 valence electrons. The second kappa shape index (κ2) is 5.92. The van der Waals surface area contributed by atoms with Crippen molar-refractivity contribution in [3.05, 3.63) is 34.1 Å². The van der Waals surface area contributed by atoms with Gasteiger partial charge in [0.1, 0.15) is 11.4 Å². The highest BCUT2D eigenvalue weighted by molar-refractivity contribution is 9.10. The maximum absolute atomic E-state index is 13.7. The lowest BCUT2D eigenvalue weighted by molar-refractivity contribution is 0.0889. The van der Waals surface area contributed by atoms with Crippen LogP contribution in [0.1, 0.15) is 43.0 Å². The molecule has 5 heteroatoms. The average Bonchev–Trinajstić information content (AvgIpc) is 2.44. The van der Waals surface area contributed by atoms with Crippen molar-refractivity contribution >= 4 is 21.8 Å².